The lowest BCUT2D eigenvalue weighted by atomic mass is 10.1. The van der Waals surface area contributed by atoms with Crippen molar-refractivity contribution in [2.75, 3.05) is 46.3 Å². The smallest absolute Gasteiger partial charge is 0.254 e. The van der Waals surface area contributed by atoms with E-state index in [2.05, 4.69) is 4.90 Å². The number of nitrogens with zero attached hydrogens (tertiary/aromatic N) is 3. The summed E-state index contributed by atoms with van der Waals surface area (Å²) in [6.07, 6.45) is 2.88. The molecule has 0 aromatic heterocycles. The lowest BCUT2D eigenvalue weighted by Crippen LogP contribution is -2.47. The van der Waals surface area contributed by atoms with Crippen LogP contribution in [-0.4, -0.2) is 74.7 Å². The minimum absolute atomic E-state index is 0.0682. The Balaban J connectivity index is 1.86. The summed E-state index contributed by atoms with van der Waals surface area (Å²) in [5.74, 6) is -0.0682. The molecule has 0 radical (unpaired) electrons. The molecule has 6 nitrogen and oxygen atoms in total. The molecule has 2 aliphatic rings. The van der Waals surface area contributed by atoms with Crippen LogP contribution in [0.25, 0.3) is 0 Å². The maximum Gasteiger partial charge on any atom is 0.254 e. The molecule has 1 aromatic carbocycles. The molecule has 0 atom stereocenters. The predicted octanol–water partition coefficient (Wildman–Crippen LogP) is 1.56. The fourth-order valence-electron chi connectivity index (χ4n) is 3.43. The standard InChI is InChI=1S/C18H27N3O3S/c1-15-6-7-16(25(23,24)21-8-4-3-5-9-21)14-17(15)18(22)20-12-10-19(2)11-13-20/h6-7,14H,3-5,8-13H2,1-2H3. The van der Waals surface area contributed by atoms with E-state index in [0.717, 1.165) is 37.9 Å². The van der Waals surface area contributed by atoms with Gasteiger partial charge in [0, 0.05) is 44.8 Å². The molecule has 25 heavy (non-hydrogen) atoms. The molecule has 2 saturated heterocycles. The number of hydrogen-bond donors (Lipinski definition) is 0. The van der Waals surface area contributed by atoms with Gasteiger partial charge in [0.05, 0.1) is 4.90 Å². The molecule has 1 amide bonds. The molecule has 0 bridgehead atoms. The molecule has 0 unspecified atom stereocenters. The number of piperazine rings is 1. The zero-order valence-electron chi connectivity index (χ0n) is 15.1. The van der Waals surface area contributed by atoms with Crippen molar-refractivity contribution in [2.45, 2.75) is 31.1 Å². The number of amides is 1. The van der Waals surface area contributed by atoms with Crippen molar-refractivity contribution < 1.29 is 13.2 Å². The van der Waals surface area contributed by atoms with E-state index in [1.165, 1.54) is 0 Å². The van der Waals surface area contributed by atoms with Crippen LogP contribution in [0.2, 0.25) is 0 Å². The Bertz CT molecular complexity index is 734. The average molecular weight is 365 g/mol. The number of aryl methyl sites for hydroxylation is 1. The Hall–Kier alpha value is -1.44. The summed E-state index contributed by atoms with van der Waals surface area (Å²) in [4.78, 5) is 17.1. The molecule has 2 aliphatic heterocycles. The van der Waals surface area contributed by atoms with E-state index >= 15 is 0 Å². The largest absolute Gasteiger partial charge is 0.336 e. The SMILES string of the molecule is Cc1ccc(S(=O)(=O)N2CCCCC2)cc1C(=O)N1CCN(C)CC1. The van der Waals surface area contributed by atoms with Crippen LogP contribution in [0.1, 0.15) is 35.2 Å². The lowest BCUT2D eigenvalue weighted by molar-refractivity contribution is 0.0663. The molecule has 2 fully saturated rings. The summed E-state index contributed by atoms with van der Waals surface area (Å²) in [6, 6.07) is 4.94. The number of carbonyl (C=O) groups is 1. The predicted molar refractivity (Wildman–Crippen MR) is 97.2 cm³/mol. The lowest BCUT2D eigenvalue weighted by Gasteiger charge is -2.33. The topological polar surface area (TPSA) is 60.9 Å². The first-order valence-electron chi connectivity index (χ1n) is 8.98. The maximum atomic E-state index is 12.9. The number of benzene rings is 1. The van der Waals surface area contributed by atoms with Gasteiger partial charge in [-0.3, -0.25) is 4.79 Å². The second-order valence-electron chi connectivity index (χ2n) is 7.04. The Morgan fingerprint density at radius 2 is 1.60 bits per heavy atom. The van der Waals surface area contributed by atoms with Gasteiger partial charge in [0.1, 0.15) is 0 Å². The summed E-state index contributed by atoms with van der Waals surface area (Å²) in [5.41, 5.74) is 1.32. The number of likely N-dealkylation sites (N-methyl/N-ethyl adjacent to an activating group) is 1. The van der Waals surface area contributed by atoms with Gasteiger partial charge in [-0.2, -0.15) is 4.31 Å². The second kappa shape index (κ2) is 7.43. The number of carbonyl (C=O) groups excluding carboxylic acids is 1. The summed E-state index contributed by atoms with van der Waals surface area (Å²) in [5, 5.41) is 0. The van der Waals surface area contributed by atoms with Crippen LogP contribution in [0, 0.1) is 6.92 Å². The third kappa shape index (κ3) is 3.88. The third-order valence-electron chi connectivity index (χ3n) is 5.18. The molecule has 138 valence electrons. The molecule has 0 N–H and O–H groups in total. The van der Waals surface area contributed by atoms with Gasteiger partial charge < -0.3 is 9.80 Å². The average Bonchev–Trinajstić information content (AvgIpc) is 2.63. The van der Waals surface area contributed by atoms with Gasteiger partial charge in [-0.15, -0.1) is 0 Å². The third-order valence-corrected chi connectivity index (χ3v) is 7.08. The van der Waals surface area contributed by atoms with Gasteiger partial charge in [-0.05, 0) is 44.5 Å². The molecule has 0 spiro atoms. The van der Waals surface area contributed by atoms with Crippen LogP contribution in [0.15, 0.2) is 23.1 Å². The van der Waals surface area contributed by atoms with Crippen LogP contribution >= 0.6 is 0 Å². The van der Waals surface area contributed by atoms with Crippen LogP contribution in [0.5, 0.6) is 0 Å². The van der Waals surface area contributed by atoms with E-state index in [0.29, 0.717) is 31.7 Å². The molecule has 1 aromatic rings. The van der Waals surface area contributed by atoms with Crippen molar-refractivity contribution >= 4 is 15.9 Å². The van der Waals surface area contributed by atoms with Crippen LogP contribution in [-0.2, 0) is 10.0 Å². The van der Waals surface area contributed by atoms with Gasteiger partial charge in [-0.1, -0.05) is 12.5 Å². The normalized spacial score (nSPS) is 20.6. The van der Waals surface area contributed by atoms with Crippen molar-refractivity contribution in [3.8, 4) is 0 Å². The molecular formula is C18H27N3O3S. The maximum absolute atomic E-state index is 12.9. The van der Waals surface area contributed by atoms with E-state index < -0.39 is 10.0 Å². The van der Waals surface area contributed by atoms with Crippen molar-refractivity contribution in [3.05, 3.63) is 29.3 Å². The van der Waals surface area contributed by atoms with Gasteiger partial charge in [-0.25, -0.2) is 8.42 Å². The minimum Gasteiger partial charge on any atom is -0.336 e. The Morgan fingerprint density at radius 3 is 2.24 bits per heavy atom. The first kappa shape index (κ1) is 18.4. The van der Waals surface area contributed by atoms with Crippen LogP contribution < -0.4 is 0 Å². The monoisotopic (exact) mass is 365 g/mol. The molecule has 3 rings (SSSR count). The van der Waals surface area contributed by atoms with Crippen molar-refractivity contribution in [1.29, 1.82) is 0 Å². The van der Waals surface area contributed by atoms with Crippen LogP contribution in [0.4, 0.5) is 0 Å². The van der Waals surface area contributed by atoms with E-state index in [4.69, 9.17) is 0 Å². The highest BCUT2D eigenvalue weighted by atomic mass is 32.2. The van der Waals surface area contributed by atoms with Gasteiger partial charge in [0.25, 0.3) is 5.91 Å². The number of sulfonamides is 1. The molecule has 2 heterocycles. The highest BCUT2D eigenvalue weighted by molar-refractivity contribution is 7.89. The number of hydrogen-bond acceptors (Lipinski definition) is 4. The molecular weight excluding hydrogens is 338 g/mol. The Kier molecular flexibility index (Phi) is 5.46. The van der Waals surface area contributed by atoms with E-state index in [1.54, 1.807) is 22.5 Å². The highest BCUT2D eigenvalue weighted by Gasteiger charge is 2.28. The van der Waals surface area contributed by atoms with Gasteiger partial charge >= 0.3 is 0 Å². The number of rotatable bonds is 3. The summed E-state index contributed by atoms with van der Waals surface area (Å²) < 4.78 is 27.3. The summed E-state index contributed by atoms with van der Waals surface area (Å²) in [7, 11) is -1.48. The zero-order valence-corrected chi connectivity index (χ0v) is 15.9. The van der Waals surface area contributed by atoms with E-state index in [9.17, 15) is 13.2 Å². The highest BCUT2D eigenvalue weighted by Crippen LogP contribution is 2.23. The molecule has 0 saturated carbocycles. The second-order valence-corrected chi connectivity index (χ2v) is 8.97. The zero-order chi connectivity index (χ0) is 18.0. The van der Waals surface area contributed by atoms with Crippen molar-refractivity contribution in [1.82, 2.24) is 14.1 Å². The van der Waals surface area contributed by atoms with Gasteiger partial charge in [0.2, 0.25) is 10.0 Å². The molecule has 0 aliphatic carbocycles. The molecule has 7 heteroatoms. The quantitative estimate of drug-likeness (QED) is 0.816. The fourth-order valence-corrected chi connectivity index (χ4v) is 4.97. The first-order valence-corrected chi connectivity index (χ1v) is 10.4. The van der Waals surface area contributed by atoms with Gasteiger partial charge in [0.15, 0.2) is 0 Å². The van der Waals surface area contributed by atoms with E-state index in [1.807, 2.05) is 18.9 Å². The fraction of sp³-hybridized carbons (Fsp3) is 0.611. The van der Waals surface area contributed by atoms with E-state index in [-0.39, 0.29) is 10.8 Å². The minimum atomic E-state index is -3.52. The Morgan fingerprint density at radius 1 is 0.960 bits per heavy atom. The van der Waals surface area contributed by atoms with Crippen molar-refractivity contribution in [2.24, 2.45) is 0 Å². The summed E-state index contributed by atoms with van der Waals surface area (Å²) in [6.45, 7) is 6.04. The van der Waals surface area contributed by atoms with Crippen molar-refractivity contribution in [3.63, 3.8) is 0 Å². The Labute approximate surface area is 150 Å². The first-order chi connectivity index (χ1) is 11.9. The number of piperidine rings is 1. The van der Waals surface area contributed by atoms with Crippen LogP contribution in [0.3, 0.4) is 0 Å². The summed E-state index contributed by atoms with van der Waals surface area (Å²) >= 11 is 0.